The molecule has 0 aliphatic heterocycles. The van der Waals surface area contributed by atoms with Gasteiger partial charge in [-0.2, -0.15) is 0 Å². The van der Waals surface area contributed by atoms with Crippen molar-refractivity contribution < 1.29 is 19.1 Å². The van der Waals surface area contributed by atoms with Crippen molar-refractivity contribution >= 4 is 11.9 Å². The first kappa shape index (κ1) is 19.4. The van der Waals surface area contributed by atoms with Crippen LogP contribution in [0.15, 0.2) is 91.0 Å². The molecule has 28 heavy (non-hydrogen) atoms. The van der Waals surface area contributed by atoms with E-state index < -0.39 is 23.3 Å². The van der Waals surface area contributed by atoms with Gasteiger partial charge in [-0.25, -0.2) is 0 Å². The van der Waals surface area contributed by atoms with E-state index in [1.165, 1.54) is 14.2 Å². The molecule has 4 nitrogen and oxygen atoms in total. The molecular weight excluding hydrogens is 352 g/mol. The van der Waals surface area contributed by atoms with Crippen molar-refractivity contribution in [2.75, 3.05) is 14.2 Å². The lowest BCUT2D eigenvalue weighted by Crippen LogP contribution is -2.47. The summed E-state index contributed by atoms with van der Waals surface area (Å²) in [4.78, 5) is 25.9. The number of rotatable bonds is 6. The number of hydrogen-bond donors (Lipinski definition) is 0. The molecule has 3 aromatic carbocycles. The molecule has 0 amide bonds. The molecule has 0 aliphatic rings. The van der Waals surface area contributed by atoms with E-state index in [0.29, 0.717) is 0 Å². The van der Waals surface area contributed by atoms with Gasteiger partial charge in [-0.15, -0.1) is 0 Å². The minimum Gasteiger partial charge on any atom is -0.468 e. The van der Waals surface area contributed by atoms with E-state index in [1.54, 1.807) is 0 Å². The summed E-state index contributed by atoms with van der Waals surface area (Å²) in [5.74, 6) is -2.51. The van der Waals surface area contributed by atoms with E-state index in [9.17, 15) is 9.59 Å². The average Bonchev–Trinajstić information content (AvgIpc) is 2.78. The first-order chi connectivity index (χ1) is 13.7. The largest absolute Gasteiger partial charge is 0.468 e. The van der Waals surface area contributed by atoms with Crippen molar-refractivity contribution in [2.24, 2.45) is 5.92 Å². The molecule has 0 saturated carbocycles. The van der Waals surface area contributed by atoms with Gasteiger partial charge in [0, 0.05) is 0 Å². The van der Waals surface area contributed by atoms with Gasteiger partial charge in [0.05, 0.1) is 19.6 Å². The Labute approximate surface area is 164 Å². The monoisotopic (exact) mass is 374 g/mol. The van der Waals surface area contributed by atoms with Crippen molar-refractivity contribution in [3.63, 3.8) is 0 Å². The second-order valence-corrected chi connectivity index (χ2v) is 6.39. The Kier molecular flexibility index (Phi) is 5.90. The summed E-state index contributed by atoms with van der Waals surface area (Å²) < 4.78 is 10.1. The molecule has 0 aromatic heterocycles. The normalized spacial score (nSPS) is 11.1. The van der Waals surface area contributed by atoms with Gasteiger partial charge in [0.25, 0.3) is 0 Å². The summed E-state index contributed by atoms with van der Waals surface area (Å²) in [6.07, 6.45) is 0. The zero-order valence-corrected chi connectivity index (χ0v) is 15.9. The molecule has 0 atom stereocenters. The van der Waals surface area contributed by atoms with Gasteiger partial charge in [-0.1, -0.05) is 91.0 Å². The van der Waals surface area contributed by atoms with Crippen molar-refractivity contribution in [3.8, 4) is 0 Å². The molecule has 0 aliphatic carbocycles. The maximum Gasteiger partial charge on any atom is 0.321 e. The molecule has 0 spiro atoms. The summed E-state index contributed by atoms with van der Waals surface area (Å²) in [6.45, 7) is 0. The molecule has 3 rings (SSSR count). The first-order valence-electron chi connectivity index (χ1n) is 8.98. The van der Waals surface area contributed by atoms with Crippen molar-refractivity contribution in [1.82, 2.24) is 0 Å². The zero-order valence-electron chi connectivity index (χ0n) is 15.9. The third-order valence-electron chi connectivity index (χ3n) is 4.99. The fraction of sp³-hybridized carbons (Fsp3) is 0.167. The maximum atomic E-state index is 13.0. The van der Waals surface area contributed by atoms with E-state index in [1.807, 2.05) is 91.0 Å². The predicted molar refractivity (Wildman–Crippen MR) is 107 cm³/mol. The second kappa shape index (κ2) is 8.53. The third-order valence-corrected chi connectivity index (χ3v) is 4.99. The van der Waals surface area contributed by atoms with Crippen LogP contribution in [0, 0.1) is 5.92 Å². The molecule has 0 fully saturated rings. The molecule has 0 N–H and O–H groups in total. The van der Waals surface area contributed by atoms with Gasteiger partial charge in [0.2, 0.25) is 0 Å². The predicted octanol–water partition coefficient (Wildman–Crippen LogP) is 3.98. The van der Waals surface area contributed by atoms with Crippen LogP contribution in [0.2, 0.25) is 0 Å². The van der Waals surface area contributed by atoms with E-state index in [2.05, 4.69) is 0 Å². The van der Waals surface area contributed by atoms with Crippen LogP contribution in [-0.4, -0.2) is 26.2 Å². The van der Waals surface area contributed by atoms with Crippen LogP contribution in [0.4, 0.5) is 0 Å². The lowest BCUT2D eigenvalue weighted by atomic mass is 9.61. The fourth-order valence-electron chi connectivity index (χ4n) is 3.79. The van der Waals surface area contributed by atoms with Gasteiger partial charge in [-0.3, -0.25) is 9.59 Å². The topological polar surface area (TPSA) is 52.6 Å². The molecule has 0 heterocycles. The molecule has 0 radical (unpaired) electrons. The summed E-state index contributed by atoms with van der Waals surface area (Å²) in [5.41, 5.74) is 1.29. The van der Waals surface area contributed by atoms with Crippen LogP contribution in [-0.2, 0) is 24.5 Å². The van der Waals surface area contributed by atoms with Gasteiger partial charge in [0.1, 0.15) is 0 Å². The van der Waals surface area contributed by atoms with E-state index in [-0.39, 0.29) is 0 Å². The number of carbonyl (C=O) groups is 2. The van der Waals surface area contributed by atoms with Crippen LogP contribution in [0.3, 0.4) is 0 Å². The van der Waals surface area contributed by atoms with Crippen LogP contribution in [0.1, 0.15) is 16.7 Å². The molecule has 0 saturated heterocycles. The number of benzene rings is 3. The minimum atomic E-state index is -1.21. The summed E-state index contributed by atoms with van der Waals surface area (Å²) in [6, 6.07) is 28.5. The summed E-state index contributed by atoms with van der Waals surface area (Å²) in [5, 5.41) is 0. The van der Waals surface area contributed by atoms with E-state index in [0.717, 1.165) is 16.7 Å². The van der Waals surface area contributed by atoms with Crippen LogP contribution < -0.4 is 0 Å². The standard InChI is InChI=1S/C24H22O4/c1-27-22(25)21(23(26)28-2)24(18-12-6-3-7-13-18,19-14-8-4-9-15-19)20-16-10-5-11-17-20/h3-17,21H,1-2H3. The third kappa shape index (κ3) is 3.29. The highest BCUT2D eigenvalue weighted by molar-refractivity contribution is 5.98. The Hall–Kier alpha value is -3.40. The molecule has 0 unspecified atom stereocenters. The van der Waals surface area contributed by atoms with Crippen molar-refractivity contribution in [3.05, 3.63) is 108 Å². The molecule has 0 bridgehead atoms. The number of hydrogen-bond acceptors (Lipinski definition) is 4. The van der Waals surface area contributed by atoms with Gasteiger partial charge in [-0.05, 0) is 16.7 Å². The average molecular weight is 374 g/mol. The van der Waals surface area contributed by atoms with E-state index >= 15 is 0 Å². The molecule has 3 aromatic rings. The van der Waals surface area contributed by atoms with Gasteiger partial charge in [0.15, 0.2) is 5.92 Å². The Morgan fingerprint density at radius 1 is 0.607 bits per heavy atom. The lowest BCUT2D eigenvalue weighted by Gasteiger charge is -2.39. The van der Waals surface area contributed by atoms with Crippen LogP contribution >= 0.6 is 0 Å². The Balaban J connectivity index is 2.46. The lowest BCUT2D eigenvalue weighted by molar-refractivity contribution is -0.161. The van der Waals surface area contributed by atoms with Crippen LogP contribution in [0.25, 0.3) is 0 Å². The highest BCUT2D eigenvalue weighted by Gasteiger charge is 2.52. The zero-order chi connectivity index (χ0) is 20.0. The highest BCUT2D eigenvalue weighted by Crippen LogP contribution is 2.46. The SMILES string of the molecule is COC(=O)C(C(=O)OC)C(c1ccccc1)(c1ccccc1)c1ccccc1. The number of esters is 2. The Morgan fingerprint density at radius 3 is 1.14 bits per heavy atom. The van der Waals surface area contributed by atoms with Crippen LogP contribution in [0.5, 0.6) is 0 Å². The molecule has 142 valence electrons. The smallest absolute Gasteiger partial charge is 0.321 e. The van der Waals surface area contributed by atoms with Gasteiger partial charge < -0.3 is 9.47 Å². The second-order valence-electron chi connectivity index (χ2n) is 6.39. The maximum absolute atomic E-state index is 13.0. The first-order valence-corrected chi connectivity index (χ1v) is 8.98. The quantitative estimate of drug-likeness (QED) is 0.372. The summed E-state index contributed by atoms with van der Waals surface area (Å²) >= 11 is 0. The number of methoxy groups -OCH3 is 2. The Morgan fingerprint density at radius 2 is 0.893 bits per heavy atom. The number of carbonyl (C=O) groups excluding carboxylic acids is 2. The molecule has 4 heteroatoms. The Bertz CT molecular complexity index is 808. The van der Waals surface area contributed by atoms with Gasteiger partial charge >= 0.3 is 11.9 Å². The number of ether oxygens (including phenoxy) is 2. The highest BCUT2D eigenvalue weighted by atomic mass is 16.5. The van der Waals surface area contributed by atoms with E-state index in [4.69, 9.17) is 9.47 Å². The fourth-order valence-corrected chi connectivity index (χ4v) is 3.79. The van der Waals surface area contributed by atoms with Crippen molar-refractivity contribution in [1.29, 1.82) is 0 Å². The van der Waals surface area contributed by atoms with Crippen molar-refractivity contribution in [2.45, 2.75) is 5.41 Å². The molecular formula is C24H22O4. The summed E-state index contributed by atoms with van der Waals surface area (Å²) in [7, 11) is 2.56. The minimum absolute atomic E-state index is 0.650.